The Hall–Kier alpha value is -3.44. The fourth-order valence-corrected chi connectivity index (χ4v) is 4.12. The van der Waals surface area contributed by atoms with Crippen molar-refractivity contribution in [2.24, 2.45) is 0 Å². The lowest BCUT2D eigenvalue weighted by Gasteiger charge is -2.34. The van der Waals surface area contributed by atoms with Gasteiger partial charge in [0.15, 0.2) is 0 Å². The number of aromatic nitrogens is 2. The Morgan fingerprint density at radius 2 is 1.32 bits per heavy atom. The number of hydrogen-bond acceptors (Lipinski definition) is 3. The monoisotopic (exact) mass is 412 g/mol. The number of rotatable bonds is 4. The van der Waals surface area contributed by atoms with Crippen molar-refractivity contribution in [1.29, 1.82) is 0 Å². The van der Waals surface area contributed by atoms with Crippen LogP contribution in [-0.4, -0.2) is 47.9 Å². The van der Waals surface area contributed by atoms with Gasteiger partial charge in [0, 0.05) is 31.7 Å². The number of piperazine rings is 1. The minimum atomic E-state index is -0.221. The molecule has 0 radical (unpaired) electrons. The Morgan fingerprint density at radius 1 is 0.710 bits per heavy atom. The molecule has 5 rings (SSSR count). The van der Waals surface area contributed by atoms with Gasteiger partial charge in [0.2, 0.25) is 0 Å². The lowest BCUT2D eigenvalue weighted by atomic mass is 10.1. The minimum absolute atomic E-state index is 0.221. The highest BCUT2D eigenvalue weighted by Crippen LogP contribution is 2.34. The molecule has 3 aromatic carbocycles. The smallest absolute Gasteiger partial charge is 0.123 e. The summed E-state index contributed by atoms with van der Waals surface area (Å²) in [5, 5.41) is 4.78. The van der Waals surface area contributed by atoms with E-state index >= 15 is 0 Å². The van der Waals surface area contributed by atoms with Gasteiger partial charge in [-0.15, -0.1) is 0 Å². The summed E-state index contributed by atoms with van der Waals surface area (Å²) in [5.74, 6) is -0.221. The summed E-state index contributed by atoms with van der Waals surface area (Å²) in [6, 6.07) is 25.3. The van der Waals surface area contributed by atoms with Crippen LogP contribution in [0.2, 0.25) is 0 Å². The van der Waals surface area contributed by atoms with Crippen LogP contribution < -0.4 is 4.90 Å². The average molecular weight is 413 g/mol. The van der Waals surface area contributed by atoms with Crippen LogP contribution in [0.3, 0.4) is 0 Å². The molecule has 0 unspecified atom stereocenters. The molecule has 2 heterocycles. The van der Waals surface area contributed by atoms with Crippen molar-refractivity contribution in [3.8, 4) is 28.1 Å². The van der Waals surface area contributed by atoms with Crippen molar-refractivity contribution >= 4 is 5.69 Å². The molecule has 4 nitrogen and oxygen atoms in total. The Kier molecular flexibility index (Phi) is 5.26. The van der Waals surface area contributed by atoms with Crippen molar-refractivity contribution in [2.75, 3.05) is 38.1 Å². The van der Waals surface area contributed by atoms with E-state index in [0.29, 0.717) is 0 Å². The summed E-state index contributed by atoms with van der Waals surface area (Å²) in [6.45, 7) is 4.08. The molecule has 4 aromatic rings. The predicted molar refractivity (Wildman–Crippen MR) is 124 cm³/mol. The molecule has 156 valence electrons. The van der Waals surface area contributed by atoms with E-state index in [1.54, 1.807) is 12.1 Å². The van der Waals surface area contributed by atoms with Crippen LogP contribution in [0, 0.1) is 5.82 Å². The number of likely N-dealkylation sites (N-methyl/N-ethyl adjacent to an activating group) is 1. The zero-order valence-electron chi connectivity index (χ0n) is 17.6. The van der Waals surface area contributed by atoms with E-state index in [1.807, 2.05) is 16.9 Å². The maximum absolute atomic E-state index is 13.3. The fourth-order valence-electron chi connectivity index (χ4n) is 4.12. The van der Waals surface area contributed by atoms with Crippen molar-refractivity contribution in [3.63, 3.8) is 0 Å². The number of halogens is 1. The summed E-state index contributed by atoms with van der Waals surface area (Å²) in [5.41, 5.74) is 6.48. The lowest BCUT2D eigenvalue weighted by molar-refractivity contribution is 0.313. The van der Waals surface area contributed by atoms with Crippen LogP contribution in [0.4, 0.5) is 10.1 Å². The molecule has 0 spiro atoms. The van der Waals surface area contributed by atoms with Crippen LogP contribution in [0.25, 0.3) is 28.1 Å². The Bertz CT molecular complexity index is 1140. The Labute approximate surface area is 182 Å². The fraction of sp³-hybridized carbons (Fsp3) is 0.192. The normalized spacial score (nSPS) is 14.7. The van der Waals surface area contributed by atoms with Gasteiger partial charge < -0.3 is 9.80 Å². The SMILES string of the molecule is CN1CCN(c2cnn(-c3ccc(-c4ccc(F)cc4)cc3)c2-c2ccccc2)CC1. The van der Waals surface area contributed by atoms with E-state index in [-0.39, 0.29) is 5.82 Å². The molecular weight excluding hydrogens is 387 g/mol. The minimum Gasteiger partial charge on any atom is -0.366 e. The largest absolute Gasteiger partial charge is 0.366 e. The Morgan fingerprint density at radius 3 is 1.97 bits per heavy atom. The molecule has 1 fully saturated rings. The molecular formula is C26H25FN4. The molecule has 31 heavy (non-hydrogen) atoms. The summed E-state index contributed by atoms with van der Waals surface area (Å²) in [7, 11) is 2.17. The van der Waals surface area contributed by atoms with Gasteiger partial charge in [-0.05, 0) is 42.4 Å². The molecule has 1 aliphatic heterocycles. The molecule has 0 aliphatic carbocycles. The van der Waals surface area contributed by atoms with E-state index in [0.717, 1.165) is 54.3 Å². The van der Waals surface area contributed by atoms with Gasteiger partial charge >= 0.3 is 0 Å². The van der Waals surface area contributed by atoms with Crippen LogP contribution in [-0.2, 0) is 0 Å². The maximum atomic E-state index is 13.3. The zero-order valence-corrected chi connectivity index (χ0v) is 17.6. The van der Waals surface area contributed by atoms with E-state index in [2.05, 4.69) is 65.4 Å². The third kappa shape index (κ3) is 3.97. The first-order valence-corrected chi connectivity index (χ1v) is 10.6. The summed E-state index contributed by atoms with van der Waals surface area (Å²) in [6.07, 6.45) is 1.99. The maximum Gasteiger partial charge on any atom is 0.123 e. The topological polar surface area (TPSA) is 24.3 Å². The van der Waals surface area contributed by atoms with Crippen molar-refractivity contribution in [2.45, 2.75) is 0 Å². The summed E-state index contributed by atoms with van der Waals surface area (Å²) in [4.78, 5) is 4.79. The van der Waals surface area contributed by atoms with Gasteiger partial charge in [-0.1, -0.05) is 54.6 Å². The summed E-state index contributed by atoms with van der Waals surface area (Å²) < 4.78 is 15.3. The van der Waals surface area contributed by atoms with Crippen molar-refractivity contribution in [3.05, 3.63) is 90.9 Å². The van der Waals surface area contributed by atoms with E-state index in [9.17, 15) is 4.39 Å². The first-order valence-electron chi connectivity index (χ1n) is 10.6. The quantitative estimate of drug-likeness (QED) is 0.466. The van der Waals surface area contributed by atoms with Gasteiger partial charge in [0.05, 0.1) is 23.3 Å². The summed E-state index contributed by atoms with van der Waals surface area (Å²) >= 11 is 0. The Balaban J connectivity index is 1.53. The second-order valence-corrected chi connectivity index (χ2v) is 8.00. The van der Waals surface area contributed by atoms with E-state index < -0.39 is 0 Å². The van der Waals surface area contributed by atoms with Crippen LogP contribution >= 0.6 is 0 Å². The van der Waals surface area contributed by atoms with Crippen LogP contribution in [0.1, 0.15) is 0 Å². The third-order valence-electron chi connectivity index (χ3n) is 5.93. The average Bonchev–Trinajstić information content (AvgIpc) is 3.26. The molecule has 0 atom stereocenters. The second-order valence-electron chi connectivity index (χ2n) is 8.00. The van der Waals surface area contributed by atoms with E-state index in [1.165, 1.54) is 17.8 Å². The third-order valence-corrected chi connectivity index (χ3v) is 5.93. The molecule has 5 heteroatoms. The molecule has 1 aliphatic rings. The van der Waals surface area contributed by atoms with Gasteiger partial charge in [-0.2, -0.15) is 5.10 Å². The molecule has 1 aromatic heterocycles. The molecule has 0 bridgehead atoms. The predicted octanol–water partition coefficient (Wildman–Crippen LogP) is 5.10. The zero-order chi connectivity index (χ0) is 21.2. The van der Waals surface area contributed by atoms with Crippen LogP contribution in [0.5, 0.6) is 0 Å². The number of anilines is 1. The second kappa shape index (κ2) is 8.36. The molecule has 1 saturated heterocycles. The molecule has 0 saturated carbocycles. The highest BCUT2D eigenvalue weighted by atomic mass is 19.1. The van der Waals surface area contributed by atoms with E-state index in [4.69, 9.17) is 5.10 Å². The number of hydrogen-bond donors (Lipinski definition) is 0. The molecule has 0 N–H and O–H groups in total. The standard InChI is InChI=1S/C26H25FN4/c1-29-15-17-30(18-16-29)25-19-28-31(26(25)22-5-3-2-4-6-22)24-13-9-21(10-14-24)20-7-11-23(27)12-8-20/h2-14,19H,15-18H2,1H3. The van der Waals surface area contributed by atoms with Gasteiger partial charge in [0.1, 0.15) is 5.82 Å². The molecule has 0 amide bonds. The lowest BCUT2D eigenvalue weighted by Crippen LogP contribution is -2.44. The van der Waals surface area contributed by atoms with Gasteiger partial charge in [0.25, 0.3) is 0 Å². The first-order chi connectivity index (χ1) is 15.2. The van der Waals surface area contributed by atoms with Crippen molar-refractivity contribution in [1.82, 2.24) is 14.7 Å². The van der Waals surface area contributed by atoms with Gasteiger partial charge in [-0.25, -0.2) is 9.07 Å². The first kappa shape index (κ1) is 19.5. The number of nitrogens with zero attached hydrogens (tertiary/aromatic N) is 4. The highest BCUT2D eigenvalue weighted by Gasteiger charge is 2.22. The van der Waals surface area contributed by atoms with Gasteiger partial charge in [-0.3, -0.25) is 0 Å². The van der Waals surface area contributed by atoms with Crippen molar-refractivity contribution < 1.29 is 4.39 Å². The number of benzene rings is 3. The van der Waals surface area contributed by atoms with Crippen LogP contribution in [0.15, 0.2) is 85.1 Å². The highest BCUT2D eigenvalue weighted by molar-refractivity contribution is 5.77.